The van der Waals surface area contributed by atoms with E-state index in [1.165, 1.54) is 12.1 Å². The molecule has 0 aromatic heterocycles. The lowest BCUT2D eigenvalue weighted by molar-refractivity contribution is -0.137. The van der Waals surface area contributed by atoms with Gasteiger partial charge in [-0.25, -0.2) is 4.39 Å². The molecule has 0 heterocycles. The first kappa shape index (κ1) is 14.0. The number of phenolic OH excluding ortho intramolecular Hbond substituents is 1. The molecule has 0 saturated carbocycles. The summed E-state index contributed by atoms with van der Waals surface area (Å²) >= 11 is 0. The number of carboxylic acid groups (broad SMARTS) is 1. The van der Waals surface area contributed by atoms with Gasteiger partial charge < -0.3 is 15.5 Å². The number of carbonyl (C=O) groups is 2. The first-order valence-electron chi connectivity index (χ1n) is 5.49. The van der Waals surface area contributed by atoms with E-state index < -0.39 is 17.7 Å². The van der Waals surface area contributed by atoms with Crippen molar-refractivity contribution in [2.45, 2.75) is 19.3 Å². The molecule has 18 heavy (non-hydrogen) atoms. The number of carbonyl (C=O) groups excluding carboxylic acids is 1. The number of aromatic hydroxyl groups is 1. The maximum atomic E-state index is 13.3. The van der Waals surface area contributed by atoms with Crippen molar-refractivity contribution >= 4 is 11.9 Å². The van der Waals surface area contributed by atoms with E-state index in [0.29, 0.717) is 12.8 Å². The van der Waals surface area contributed by atoms with Gasteiger partial charge in [0, 0.05) is 19.0 Å². The summed E-state index contributed by atoms with van der Waals surface area (Å²) in [5.41, 5.74) is -0.147. The highest BCUT2D eigenvalue weighted by atomic mass is 19.1. The van der Waals surface area contributed by atoms with Gasteiger partial charge in [0.1, 0.15) is 11.6 Å². The number of aliphatic carboxylic acids is 1. The standard InChI is InChI=1S/C12H14FNO4/c13-10-7-8(15)4-5-9(10)12(18)14-6-2-1-3-11(16)17/h4-5,7,15H,1-3,6H2,(H,14,18)(H,16,17). The van der Waals surface area contributed by atoms with E-state index in [1.54, 1.807) is 0 Å². The Morgan fingerprint density at radius 3 is 2.61 bits per heavy atom. The van der Waals surface area contributed by atoms with E-state index in [-0.39, 0.29) is 24.3 Å². The van der Waals surface area contributed by atoms with Crippen molar-refractivity contribution in [3.05, 3.63) is 29.6 Å². The van der Waals surface area contributed by atoms with Gasteiger partial charge >= 0.3 is 5.97 Å². The molecule has 0 unspecified atom stereocenters. The molecule has 1 rings (SSSR count). The molecule has 0 aliphatic carbocycles. The number of unbranched alkanes of at least 4 members (excludes halogenated alkanes) is 1. The predicted molar refractivity (Wildman–Crippen MR) is 61.9 cm³/mol. The third-order valence-electron chi connectivity index (χ3n) is 2.30. The fraction of sp³-hybridized carbons (Fsp3) is 0.333. The zero-order valence-corrected chi connectivity index (χ0v) is 9.65. The molecule has 0 aliphatic rings. The van der Waals surface area contributed by atoms with Crippen LogP contribution < -0.4 is 5.32 Å². The summed E-state index contributed by atoms with van der Waals surface area (Å²) in [6, 6.07) is 3.28. The molecule has 1 aromatic carbocycles. The summed E-state index contributed by atoms with van der Waals surface area (Å²) in [6.45, 7) is 0.284. The smallest absolute Gasteiger partial charge is 0.303 e. The second-order valence-corrected chi connectivity index (χ2v) is 3.77. The second-order valence-electron chi connectivity index (χ2n) is 3.77. The largest absolute Gasteiger partial charge is 0.508 e. The topological polar surface area (TPSA) is 86.6 Å². The summed E-state index contributed by atoms with van der Waals surface area (Å²) < 4.78 is 13.3. The zero-order valence-electron chi connectivity index (χ0n) is 9.65. The highest BCUT2D eigenvalue weighted by Crippen LogP contribution is 2.14. The van der Waals surface area contributed by atoms with Crippen LogP contribution in [0.5, 0.6) is 5.75 Å². The van der Waals surface area contributed by atoms with Gasteiger partial charge in [-0.1, -0.05) is 0 Å². The van der Waals surface area contributed by atoms with Crippen molar-refractivity contribution in [1.29, 1.82) is 0 Å². The number of halogens is 1. The number of hydrogen-bond donors (Lipinski definition) is 3. The Balaban J connectivity index is 2.39. The SMILES string of the molecule is O=C(O)CCCCNC(=O)c1ccc(O)cc1F. The molecule has 0 aliphatic heterocycles. The van der Waals surface area contributed by atoms with Gasteiger partial charge in [-0.05, 0) is 25.0 Å². The number of amides is 1. The molecule has 0 saturated heterocycles. The Kier molecular flexibility index (Phi) is 5.10. The van der Waals surface area contributed by atoms with Crippen LogP contribution in [-0.4, -0.2) is 28.6 Å². The highest BCUT2D eigenvalue weighted by Gasteiger charge is 2.11. The summed E-state index contributed by atoms with van der Waals surface area (Å²) in [5.74, 6) is -2.50. The molecule has 0 bridgehead atoms. The van der Waals surface area contributed by atoms with E-state index in [9.17, 15) is 14.0 Å². The van der Waals surface area contributed by atoms with E-state index in [2.05, 4.69) is 5.32 Å². The molecule has 0 spiro atoms. The van der Waals surface area contributed by atoms with Crippen molar-refractivity contribution in [3.63, 3.8) is 0 Å². The highest BCUT2D eigenvalue weighted by molar-refractivity contribution is 5.94. The third-order valence-corrected chi connectivity index (χ3v) is 2.30. The normalized spacial score (nSPS) is 10.1. The summed E-state index contributed by atoms with van der Waals surface area (Å²) in [5, 5.41) is 19.9. The maximum Gasteiger partial charge on any atom is 0.303 e. The van der Waals surface area contributed by atoms with Crippen LogP contribution in [0.25, 0.3) is 0 Å². The monoisotopic (exact) mass is 255 g/mol. The summed E-state index contributed by atoms with van der Waals surface area (Å²) in [6.07, 6.45) is 1.01. The minimum atomic E-state index is -0.883. The number of carboxylic acids is 1. The Hall–Kier alpha value is -2.11. The number of rotatable bonds is 6. The lowest BCUT2D eigenvalue weighted by Gasteiger charge is -2.05. The number of hydrogen-bond acceptors (Lipinski definition) is 3. The molecule has 5 nitrogen and oxygen atoms in total. The van der Waals surface area contributed by atoms with Crippen LogP contribution in [0, 0.1) is 5.82 Å². The van der Waals surface area contributed by atoms with Gasteiger partial charge in [-0.3, -0.25) is 9.59 Å². The number of benzene rings is 1. The van der Waals surface area contributed by atoms with Crippen LogP contribution in [-0.2, 0) is 4.79 Å². The molecular formula is C12H14FNO4. The molecule has 1 amide bonds. The van der Waals surface area contributed by atoms with Crippen LogP contribution in [0.15, 0.2) is 18.2 Å². The van der Waals surface area contributed by atoms with Gasteiger partial charge in [0.2, 0.25) is 0 Å². The van der Waals surface area contributed by atoms with Gasteiger partial charge in [0.25, 0.3) is 5.91 Å². The lowest BCUT2D eigenvalue weighted by Crippen LogP contribution is -2.25. The summed E-state index contributed by atoms with van der Waals surface area (Å²) in [7, 11) is 0. The molecular weight excluding hydrogens is 241 g/mol. The van der Waals surface area contributed by atoms with Crippen molar-refractivity contribution in [2.24, 2.45) is 0 Å². The van der Waals surface area contributed by atoms with E-state index in [4.69, 9.17) is 10.2 Å². The van der Waals surface area contributed by atoms with Crippen molar-refractivity contribution in [3.8, 4) is 5.75 Å². The summed E-state index contributed by atoms with van der Waals surface area (Å²) in [4.78, 5) is 21.8. The van der Waals surface area contributed by atoms with Gasteiger partial charge in [-0.15, -0.1) is 0 Å². The van der Waals surface area contributed by atoms with Crippen molar-refractivity contribution < 1.29 is 24.2 Å². The minimum absolute atomic E-state index is 0.0451. The first-order chi connectivity index (χ1) is 8.50. The Bertz CT molecular complexity index is 448. The molecule has 3 N–H and O–H groups in total. The third kappa shape index (κ3) is 4.40. The fourth-order valence-electron chi connectivity index (χ4n) is 1.39. The maximum absolute atomic E-state index is 13.3. The van der Waals surface area contributed by atoms with Crippen molar-refractivity contribution in [2.75, 3.05) is 6.54 Å². The van der Waals surface area contributed by atoms with Gasteiger partial charge in [-0.2, -0.15) is 0 Å². The van der Waals surface area contributed by atoms with Crippen molar-refractivity contribution in [1.82, 2.24) is 5.32 Å². The molecule has 0 atom stereocenters. The van der Waals surface area contributed by atoms with E-state index in [1.807, 2.05) is 0 Å². The number of nitrogens with one attached hydrogen (secondary N) is 1. The van der Waals surface area contributed by atoms with Crippen LogP contribution in [0.4, 0.5) is 4.39 Å². The van der Waals surface area contributed by atoms with E-state index >= 15 is 0 Å². The predicted octanol–water partition coefficient (Wildman–Crippen LogP) is 1.52. The van der Waals surface area contributed by atoms with Crippen LogP contribution in [0.1, 0.15) is 29.6 Å². The Labute approximate surface area is 103 Å². The zero-order chi connectivity index (χ0) is 13.5. The molecule has 1 aromatic rings. The Morgan fingerprint density at radius 2 is 2.00 bits per heavy atom. The van der Waals surface area contributed by atoms with Gasteiger partial charge in [0.05, 0.1) is 5.56 Å². The molecule has 98 valence electrons. The Morgan fingerprint density at radius 1 is 1.28 bits per heavy atom. The second kappa shape index (κ2) is 6.58. The first-order valence-corrected chi connectivity index (χ1v) is 5.49. The average Bonchev–Trinajstić information content (AvgIpc) is 2.27. The molecule has 6 heteroatoms. The number of phenols is 1. The van der Waals surface area contributed by atoms with Crippen LogP contribution in [0.2, 0.25) is 0 Å². The molecule has 0 radical (unpaired) electrons. The quantitative estimate of drug-likeness (QED) is 0.672. The fourth-order valence-corrected chi connectivity index (χ4v) is 1.39. The van der Waals surface area contributed by atoms with E-state index in [0.717, 1.165) is 6.07 Å². The van der Waals surface area contributed by atoms with Crippen LogP contribution >= 0.6 is 0 Å². The average molecular weight is 255 g/mol. The van der Waals surface area contributed by atoms with Crippen LogP contribution in [0.3, 0.4) is 0 Å². The van der Waals surface area contributed by atoms with Gasteiger partial charge in [0.15, 0.2) is 0 Å². The molecule has 0 fully saturated rings. The lowest BCUT2D eigenvalue weighted by atomic mass is 10.2. The minimum Gasteiger partial charge on any atom is -0.508 e.